The third-order valence-corrected chi connectivity index (χ3v) is 2.89. The summed E-state index contributed by atoms with van der Waals surface area (Å²) in [4.78, 5) is 26.5. The number of amides is 1. The summed E-state index contributed by atoms with van der Waals surface area (Å²) in [6.07, 6.45) is 3.66. The van der Waals surface area contributed by atoms with Crippen molar-refractivity contribution in [2.75, 3.05) is 13.7 Å². The number of nitrogens with one attached hydrogen (secondary N) is 1. The van der Waals surface area contributed by atoms with E-state index < -0.39 is 23.5 Å². The van der Waals surface area contributed by atoms with Crippen LogP contribution in [0.3, 0.4) is 0 Å². The van der Waals surface area contributed by atoms with Crippen LogP contribution in [0.2, 0.25) is 0 Å². The molecule has 0 unspecified atom stereocenters. The molecule has 0 bridgehead atoms. The van der Waals surface area contributed by atoms with Gasteiger partial charge in [-0.15, -0.1) is 0 Å². The van der Waals surface area contributed by atoms with Crippen LogP contribution in [0, 0.1) is 11.6 Å². The second-order valence-corrected chi connectivity index (χ2v) is 4.60. The Bertz CT molecular complexity index is 789. The monoisotopic (exact) mass is 352 g/mol. The summed E-state index contributed by atoms with van der Waals surface area (Å²) >= 11 is 0. The van der Waals surface area contributed by atoms with E-state index in [0.717, 1.165) is 18.4 Å². The van der Waals surface area contributed by atoms with Gasteiger partial charge in [-0.1, -0.05) is 12.1 Å². The topological polar surface area (TPSA) is 90.7 Å². The van der Waals surface area contributed by atoms with Gasteiger partial charge in [-0.25, -0.2) is 14.2 Å². The van der Waals surface area contributed by atoms with Gasteiger partial charge in [0.05, 0.1) is 7.11 Å². The molecule has 9 heteroatoms. The fourth-order valence-corrected chi connectivity index (χ4v) is 1.68. The first-order valence-corrected chi connectivity index (χ1v) is 7.05. The summed E-state index contributed by atoms with van der Waals surface area (Å²) in [5, 5.41) is 2.48. The molecule has 0 saturated heterocycles. The summed E-state index contributed by atoms with van der Waals surface area (Å²) in [7, 11) is 1.24. The van der Waals surface area contributed by atoms with E-state index in [2.05, 4.69) is 15.0 Å². The van der Waals surface area contributed by atoms with E-state index in [1.807, 2.05) is 0 Å². The van der Waals surface area contributed by atoms with Gasteiger partial charge in [0.1, 0.15) is 6.26 Å². The van der Waals surface area contributed by atoms with Gasteiger partial charge in [0, 0.05) is 12.6 Å². The third-order valence-electron chi connectivity index (χ3n) is 2.89. The molecule has 0 aliphatic rings. The minimum absolute atomic E-state index is 0.0129. The largest absolute Gasteiger partial charge is 0.481 e. The van der Waals surface area contributed by atoms with Gasteiger partial charge >= 0.3 is 5.97 Å². The zero-order valence-electron chi connectivity index (χ0n) is 13.1. The number of hydrogen-bond donors (Lipinski definition) is 1. The van der Waals surface area contributed by atoms with Gasteiger partial charge in [-0.3, -0.25) is 4.79 Å². The van der Waals surface area contributed by atoms with E-state index in [1.54, 1.807) is 0 Å². The molecule has 7 nitrogen and oxygen atoms in total. The molecule has 25 heavy (non-hydrogen) atoms. The highest BCUT2D eigenvalue weighted by Gasteiger charge is 2.14. The summed E-state index contributed by atoms with van der Waals surface area (Å²) in [6, 6.07) is 3.51. The van der Waals surface area contributed by atoms with Crippen LogP contribution >= 0.6 is 0 Å². The number of carbonyl (C=O) groups excluding carboxylic acids is 2. The maximum absolute atomic E-state index is 13.4. The zero-order valence-corrected chi connectivity index (χ0v) is 13.1. The van der Waals surface area contributed by atoms with Crippen molar-refractivity contribution >= 4 is 11.9 Å². The molecule has 1 amide bonds. The Balaban J connectivity index is 1.87. The number of benzene rings is 1. The molecule has 0 fully saturated rings. The Hall–Kier alpha value is -3.23. The number of oxazole rings is 1. The van der Waals surface area contributed by atoms with Gasteiger partial charge in [-0.2, -0.15) is 4.39 Å². The SMILES string of the molecule is COC(=O)/C=C/CNC(=O)c1coc(COc2cccc(F)c2F)n1. The molecule has 0 aliphatic carbocycles. The van der Waals surface area contributed by atoms with Crippen molar-refractivity contribution in [3.8, 4) is 5.75 Å². The number of halogens is 2. The van der Waals surface area contributed by atoms with E-state index in [4.69, 9.17) is 9.15 Å². The normalized spacial score (nSPS) is 10.7. The lowest BCUT2D eigenvalue weighted by molar-refractivity contribution is -0.134. The Morgan fingerprint density at radius 3 is 2.92 bits per heavy atom. The van der Waals surface area contributed by atoms with Crippen LogP contribution in [0.15, 0.2) is 41.0 Å². The van der Waals surface area contributed by atoms with Crippen LogP contribution in [0.1, 0.15) is 16.4 Å². The van der Waals surface area contributed by atoms with Gasteiger partial charge in [0.15, 0.2) is 23.9 Å². The second kappa shape index (κ2) is 8.57. The highest BCUT2D eigenvalue weighted by Crippen LogP contribution is 2.20. The van der Waals surface area contributed by atoms with E-state index in [9.17, 15) is 18.4 Å². The maximum Gasteiger partial charge on any atom is 0.330 e. The predicted octanol–water partition coefficient (Wildman–Crippen LogP) is 1.99. The first-order valence-electron chi connectivity index (χ1n) is 7.05. The lowest BCUT2D eigenvalue weighted by atomic mass is 10.3. The van der Waals surface area contributed by atoms with Crippen LogP contribution in [0.25, 0.3) is 0 Å². The Labute approximate surface area is 141 Å². The number of rotatable bonds is 7. The van der Waals surface area contributed by atoms with E-state index in [1.165, 1.54) is 25.3 Å². The van der Waals surface area contributed by atoms with Crippen molar-refractivity contribution in [3.05, 3.63) is 59.8 Å². The van der Waals surface area contributed by atoms with E-state index in [0.29, 0.717) is 0 Å². The molecular formula is C16H14F2N2O5. The van der Waals surface area contributed by atoms with Crippen LogP contribution in [0.5, 0.6) is 5.75 Å². The highest BCUT2D eigenvalue weighted by molar-refractivity contribution is 5.92. The van der Waals surface area contributed by atoms with E-state index in [-0.39, 0.29) is 30.5 Å². The minimum atomic E-state index is -1.12. The molecule has 0 spiro atoms. The number of ether oxygens (including phenoxy) is 2. The Morgan fingerprint density at radius 2 is 2.16 bits per heavy atom. The number of esters is 1. The zero-order chi connectivity index (χ0) is 18.2. The fraction of sp³-hybridized carbons (Fsp3) is 0.188. The first kappa shape index (κ1) is 18.1. The van der Waals surface area contributed by atoms with Crippen molar-refractivity contribution < 1.29 is 32.3 Å². The van der Waals surface area contributed by atoms with Crippen LogP contribution in [0.4, 0.5) is 8.78 Å². The van der Waals surface area contributed by atoms with Crippen LogP contribution in [-0.4, -0.2) is 30.5 Å². The van der Waals surface area contributed by atoms with Crippen molar-refractivity contribution in [2.24, 2.45) is 0 Å². The highest BCUT2D eigenvalue weighted by atomic mass is 19.2. The molecule has 2 aromatic rings. The fourth-order valence-electron chi connectivity index (χ4n) is 1.68. The quantitative estimate of drug-likeness (QED) is 0.605. The summed E-state index contributed by atoms with van der Waals surface area (Å²) in [5.74, 6) is -3.52. The minimum Gasteiger partial charge on any atom is -0.481 e. The summed E-state index contributed by atoms with van der Waals surface area (Å²) in [5.41, 5.74) is -0.0233. The Kier molecular flexibility index (Phi) is 6.21. The van der Waals surface area contributed by atoms with Gasteiger partial charge in [-0.05, 0) is 12.1 Å². The number of methoxy groups -OCH3 is 1. The second-order valence-electron chi connectivity index (χ2n) is 4.60. The smallest absolute Gasteiger partial charge is 0.330 e. The molecule has 0 saturated carbocycles. The molecule has 1 heterocycles. The van der Waals surface area contributed by atoms with E-state index >= 15 is 0 Å². The molecule has 1 aromatic carbocycles. The average molecular weight is 352 g/mol. The van der Waals surface area contributed by atoms with Gasteiger partial charge in [0.2, 0.25) is 11.7 Å². The Morgan fingerprint density at radius 1 is 1.36 bits per heavy atom. The first-order chi connectivity index (χ1) is 12.0. The number of carbonyl (C=O) groups is 2. The van der Waals surface area contributed by atoms with Crippen molar-refractivity contribution in [1.29, 1.82) is 0 Å². The van der Waals surface area contributed by atoms with Crippen LogP contribution < -0.4 is 10.1 Å². The molecule has 0 atom stereocenters. The van der Waals surface area contributed by atoms with Crippen molar-refractivity contribution in [3.63, 3.8) is 0 Å². The maximum atomic E-state index is 13.4. The lowest BCUT2D eigenvalue weighted by Gasteiger charge is -2.04. The molecule has 0 radical (unpaired) electrons. The van der Waals surface area contributed by atoms with Gasteiger partial charge < -0.3 is 19.2 Å². The number of aromatic nitrogens is 1. The molecule has 132 valence electrons. The van der Waals surface area contributed by atoms with Crippen LogP contribution in [-0.2, 0) is 16.1 Å². The molecule has 2 rings (SSSR count). The number of nitrogens with zero attached hydrogens (tertiary/aromatic N) is 1. The third kappa shape index (κ3) is 5.13. The summed E-state index contributed by atoms with van der Waals surface area (Å²) < 4.78 is 41.0. The lowest BCUT2D eigenvalue weighted by Crippen LogP contribution is -2.23. The predicted molar refractivity (Wildman–Crippen MR) is 80.7 cm³/mol. The van der Waals surface area contributed by atoms with Crippen molar-refractivity contribution in [1.82, 2.24) is 10.3 Å². The molecule has 0 aliphatic heterocycles. The molecule has 1 N–H and O–H groups in total. The number of hydrogen-bond acceptors (Lipinski definition) is 6. The van der Waals surface area contributed by atoms with Gasteiger partial charge in [0.25, 0.3) is 5.91 Å². The standard InChI is InChI=1S/C16H14F2N2O5/c1-23-14(21)6-3-7-19-16(22)11-8-25-13(20-11)9-24-12-5-2-4-10(17)15(12)18/h2-6,8H,7,9H2,1H3,(H,19,22)/b6-3+. The van der Waals surface area contributed by atoms with Crippen molar-refractivity contribution in [2.45, 2.75) is 6.61 Å². The molecule has 1 aromatic heterocycles. The summed E-state index contributed by atoms with van der Waals surface area (Å²) in [6.45, 7) is -0.197. The average Bonchev–Trinajstić information content (AvgIpc) is 3.08. The molecular weight excluding hydrogens is 338 g/mol.